The lowest BCUT2D eigenvalue weighted by atomic mass is 10.1. The van der Waals surface area contributed by atoms with Crippen LogP contribution in [0.25, 0.3) is 5.65 Å². The number of hydrogen-bond acceptors (Lipinski definition) is 5. The van der Waals surface area contributed by atoms with Crippen molar-refractivity contribution in [3.8, 4) is 0 Å². The molecule has 128 valence electrons. The van der Waals surface area contributed by atoms with Gasteiger partial charge in [0.05, 0.1) is 30.6 Å². The zero-order chi connectivity index (χ0) is 17.5. The SMILES string of the molecule is CN(CC(=O)N1CCc2nc3ccccn3c(=O)c2C1)S(C)(=O)=O. The summed E-state index contributed by atoms with van der Waals surface area (Å²) in [6.45, 7) is 0.324. The summed E-state index contributed by atoms with van der Waals surface area (Å²) < 4.78 is 25.3. The minimum absolute atomic E-state index is 0.148. The molecule has 0 radical (unpaired) electrons. The highest BCUT2D eigenvalue weighted by atomic mass is 32.2. The Morgan fingerprint density at radius 3 is 2.83 bits per heavy atom. The molecule has 0 atom stereocenters. The number of amides is 1. The number of fused-ring (bicyclic) bond motifs is 2. The Balaban J connectivity index is 1.88. The summed E-state index contributed by atoms with van der Waals surface area (Å²) >= 11 is 0. The fourth-order valence-electron chi connectivity index (χ4n) is 2.67. The van der Waals surface area contributed by atoms with Crippen LogP contribution in [0.3, 0.4) is 0 Å². The number of rotatable bonds is 3. The summed E-state index contributed by atoms with van der Waals surface area (Å²) in [5.74, 6) is -0.328. The third-order valence-electron chi connectivity index (χ3n) is 4.16. The quantitative estimate of drug-likeness (QED) is 0.742. The van der Waals surface area contributed by atoms with E-state index in [-0.39, 0.29) is 24.6 Å². The molecule has 0 bridgehead atoms. The second-order valence-corrected chi connectivity index (χ2v) is 7.94. The molecule has 24 heavy (non-hydrogen) atoms. The van der Waals surface area contributed by atoms with Gasteiger partial charge in [-0.15, -0.1) is 0 Å². The molecule has 0 N–H and O–H groups in total. The van der Waals surface area contributed by atoms with Gasteiger partial charge in [-0.3, -0.25) is 14.0 Å². The van der Waals surface area contributed by atoms with Gasteiger partial charge in [0, 0.05) is 26.2 Å². The van der Waals surface area contributed by atoms with Gasteiger partial charge < -0.3 is 4.90 Å². The largest absolute Gasteiger partial charge is 0.337 e. The predicted molar refractivity (Wildman–Crippen MR) is 88.1 cm³/mol. The lowest BCUT2D eigenvalue weighted by molar-refractivity contribution is -0.132. The van der Waals surface area contributed by atoms with Gasteiger partial charge in [0.1, 0.15) is 5.65 Å². The second-order valence-electron chi connectivity index (χ2n) is 5.86. The van der Waals surface area contributed by atoms with Crippen LogP contribution in [0.1, 0.15) is 11.3 Å². The molecule has 1 aliphatic rings. The highest BCUT2D eigenvalue weighted by Crippen LogP contribution is 2.15. The zero-order valence-corrected chi connectivity index (χ0v) is 14.3. The maximum atomic E-state index is 12.6. The molecule has 0 aliphatic carbocycles. The first-order valence-corrected chi connectivity index (χ1v) is 9.30. The summed E-state index contributed by atoms with van der Waals surface area (Å²) in [6, 6.07) is 5.32. The number of aromatic nitrogens is 2. The third-order valence-corrected chi connectivity index (χ3v) is 5.42. The van der Waals surface area contributed by atoms with Crippen LogP contribution in [0.15, 0.2) is 29.2 Å². The second kappa shape index (κ2) is 5.99. The number of sulfonamides is 1. The van der Waals surface area contributed by atoms with Gasteiger partial charge >= 0.3 is 0 Å². The predicted octanol–water partition coefficient (Wildman–Crippen LogP) is -0.529. The molecule has 1 aliphatic heterocycles. The van der Waals surface area contributed by atoms with Gasteiger partial charge in [-0.2, -0.15) is 4.31 Å². The van der Waals surface area contributed by atoms with E-state index >= 15 is 0 Å². The molecule has 2 aromatic heterocycles. The van der Waals surface area contributed by atoms with Crippen molar-refractivity contribution in [2.24, 2.45) is 0 Å². The van der Waals surface area contributed by atoms with Crippen LogP contribution < -0.4 is 5.56 Å². The maximum absolute atomic E-state index is 12.6. The van der Waals surface area contributed by atoms with Crippen LogP contribution in [0.2, 0.25) is 0 Å². The van der Waals surface area contributed by atoms with Crippen molar-refractivity contribution in [2.45, 2.75) is 13.0 Å². The van der Waals surface area contributed by atoms with Gasteiger partial charge in [0.25, 0.3) is 5.56 Å². The summed E-state index contributed by atoms with van der Waals surface area (Å²) in [7, 11) is -2.07. The van der Waals surface area contributed by atoms with Crippen molar-refractivity contribution in [1.29, 1.82) is 0 Å². The van der Waals surface area contributed by atoms with Gasteiger partial charge in [-0.25, -0.2) is 13.4 Å². The van der Waals surface area contributed by atoms with Crippen LogP contribution in [0, 0.1) is 0 Å². The normalized spacial score (nSPS) is 14.9. The van der Waals surface area contributed by atoms with Crippen molar-refractivity contribution < 1.29 is 13.2 Å². The van der Waals surface area contributed by atoms with Crippen LogP contribution in [0.4, 0.5) is 0 Å². The lowest BCUT2D eigenvalue weighted by Crippen LogP contribution is -2.45. The first-order valence-electron chi connectivity index (χ1n) is 7.45. The molecule has 0 saturated heterocycles. The van der Waals surface area contributed by atoms with E-state index in [9.17, 15) is 18.0 Å². The van der Waals surface area contributed by atoms with Crippen molar-refractivity contribution in [3.05, 3.63) is 46.0 Å². The monoisotopic (exact) mass is 350 g/mol. The molecule has 0 saturated carbocycles. The van der Waals surface area contributed by atoms with E-state index in [1.807, 2.05) is 6.07 Å². The zero-order valence-electron chi connectivity index (χ0n) is 13.5. The van der Waals surface area contributed by atoms with Crippen LogP contribution >= 0.6 is 0 Å². The topological polar surface area (TPSA) is 92.1 Å². The standard InChI is InChI=1S/C15H18N4O4S/c1-17(24(2,22)23)10-14(20)18-8-6-12-11(9-18)15(21)19-7-4-3-5-13(19)16-12/h3-5,7H,6,8-10H2,1-2H3. The lowest BCUT2D eigenvalue weighted by Gasteiger charge is -2.29. The fraction of sp³-hybridized carbons (Fsp3) is 0.400. The van der Waals surface area contributed by atoms with E-state index in [0.717, 1.165) is 10.6 Å². The number of carbonyl (C=O) groups is 1. The van der Waals surface area contributed by atoms with Crippen molar-refractivity contribution in [3.63, 3.8) is 0 Å². The fourth-order valence-corrected chi connectivity index (χ4v) is 3.01. The van der Waals surface area contributed by atoms with E-state index < -0.39 is 10.0 Å². The number of nitrogens with zero attached hydrogens (tertiary/aromatic N) is 4. The van der Waals surface area contributed by atoms with Crippen LogP contribution in [-0.4, -0.2) is 59.3 Å². The van der Waals surface area contributed by atoms with Gasteiger partial charge in [-0.05, 0) is 12.1 Å². The number of carbonyl (C=O) groups excluding carboxylic acids is 1. The average Bonchev–Trinajstić information content (AvgIpc) is 2.54. The Bertz CT molecular complexity index is 967. The molecule has 8 nitrogen and oxygen atoms in total. The van der Waals surface area contributed by atoms with E-state index in [1.165, 1.54) is 16.3 Å². The maximum Gasteiger partial charge on any atom is 0.263 e. The molecule has 0 aromatic carbocycles. The van der Waals surface area contributed by atoms with Gasteiger partial charge in [0.15, 0.2) is 0 Å². The summed E-state index contributed by atoms with van der Waals surface area (Å²) in [5, 5.41) is 0. The number of likely N-dealkylation sites (N-methyl/N-ethyl adjacent to an activating group) is 1. The Labute approximate surface area is 139 Å². The molecule has 1 amide bonds. The van der Waals surface area contributed by atoms with E-state index in [0.29, 0.717) is 29.9 Å². The van der Waals surface area contributed by atoms with Crippen LogP contribution in [0.5, 0.6) is 0 Å². The van der Waals surface area contributed by atoms with E-state index in [1.54, 1.807) is 18.3 Å². The Morgan fingerprint density at radius 1 is 1.38 bits per heavy atom. The molecule has 3 rings (SSSR count). The Hall–Kier alpha value is -2.26. The van der Waals surface area contributed by atoms with Gasteiger partial charge in [-0.1, -0.05) is 6.07 Å². The third kappa shape index (κ3) is 3.04. The molecule has 0 fully saturated rings. The molecule has 3 heterocycles. The molecule has 9 heteroatoms. The first-order chi connectivity index (χ1) is 11.3. The number of pyridine rings is 1. The van der Waals surface area contributed by atoms with Crippen molar-refractivity contribution in [1.82, 2.24) is 18.6 Å². The summed E-state index contributed by atoms with van der Waals surface area (Å²) in [6.07, 6.45) is 3.17. The Morgan fingerprint density at radius 2 is 2.12 bits per heavy atom. The average molecular weight is 350 g/mol. The first kappa shape index (κ1) is 16.6. The van der Waals surface area contributed by atoms with Crippen molar-refractivity contribution >= 4 is 21.6 Å². The smallest absolute Gasteiger partial charge is 0.263 e. The minimum atomic E-state index is -3.43. The highest BCUT2D eigenvalue weighted by Gasteiger charge is 2.26. The minimum Gasteiger partial charge on any atom is -0.337 e. The van der Waals surface area contributed by atoms with Gasteiger partial charge in [0.2, 0.25) is 15.9 Å². The molecule has 0 unspecified atom stereocenters. The molecular formula is C15H18N4O4S. The van der Waals surface area contributed by atoms with Crippen LogP contribution in [-0.2, 0) is 27.8 Å². The Kier molecular flexibility index (Phi) is 4.14. The molecule has 0 spiro atoms. The molecule has 2 aromatic rings. The number of hydrogen-bond donors (Lipinski definition) is 0. The highest BCUT2D eigenvalue weighted by molar-refractivity contribution is 7.88. The summed E-state index contributed by atoms with van der Waals surface area (Å²) in [4.78, 5) is 30.9. The van der Waals surface area contributed by atoms with Crippen molar-refractivity contribution in [2.75, 3.05) is 26.4 Å². The molecular weight excluding hydrogens is 332 g/mol. The van der Waals surface area contributed by atoms with E-state index in [2.05, 4.69) is 4.98 Å². The summed E-state index contributed by atoms with van der Waals surface area (Å²) in [5.41, 5.74) is 1.58. The van der Waals surface area contributed by atoms with E-state index in [4.69, 9.17) is 0 Å².